The van der Waals surface area contributed by atoms with Gasteiger partial charge in [0.15, 0.2) is 0 Å². The molecule has 0 saturated carbocycles. The van der Waals surface area contributed by atoms with Crippen LogP contribution in [0.3, 0.4) is 0 Å². The van der Waals surface area contributed by atoms with Crippen molar-refractivity contribution >= 4 is 28.1 Å². The molecule has 2 aromatic rings. The van der Waals surface area contributed by atoms with Crippen molar-refractivity contribution in [3.63, 3.8) is 0 Å². The Hall–Kier alpha value is -1.95. The van der Waals surface area contributed by atoms with Gasteiger partial charge in [0.2, 0.25) is 11.0 Å². The average Bonchev–Trinajstić information content (AvgIpc) is 2.83. The van der Waals surface area contributed by atoms with Crippen LogP contribution in [0.4, 0.5) is 10.8 Å². The Kier molecular flexibility index (Phi) is 3.16. The number of carbonyl (C=O) groups excluding carboxylic acids is 1. The lowest BCUT2D eigenvalue weighted by molar-refractivity contribution is -0.119. The first kappa shape index (κ1) is 12.1. The van der Waals surface area contributed by atoms with E-state index in [1.165, 1.54) is 16.9 Å². The summed E-state index contributed by atoms with van der Waals surface area (Å²) in [6.07, 6.45) is 0.757. The number of hydrogen-bond acceptors (Lipinski definition) is 5. The molecule has 2 N–H and O–H groups in total. The maximum absolute atomic E-state index is 12.2. The molecule has 98 valence electrons. The molecule has 0 aliphatic carbocycles. The Bertz CT molecular complexity index is 610. The Morgan fingerprint density at radius 1 is 1.42 bits per heavy atom. The van der Waals surface area contributed by atoms with Crippen LogP contribution in [0.5, 0.6) is 0 Å². The number of anilines is 2. The summed E-state index contributed by atoms with van der Waals surface area (Å²) in [6, 6.07) is 8.08. The Balaban J connectivity index is 1.69. The lowest BCUT2D eigenvalue weighted by Crippen LogP contribution is -2.33. The van der Waals surface area contributed by atoms with Gasteiger partial charge in [-0.2, -0.15) is 0 Å². The molecular weight excluding hydrogens is 260 g/mol. The van der Waals surface area contributed by atoms with E-state index in [1.54, 1.807) is 0 Å². The van der Waals surface area contributed by atoms with Gasteiger partial charge < -0.3 is 10.6 Å². The van der Waals surface area contributed by atoms with E-state index in [9.17, 15) is 4.79 Å². The molecule has 1 amide bonds. The minimum Gasteiger partial charge on any atom is -0.384 e. The maximum Gasteiger partial charge on any atom is 0.231 e. The number of benzene rings is 1. The Labute approximate surface area is 115 Å². The van der Waals surface area contributed by atoms with Crippen LogP contribution in [0.25, 0.3) is 0 Å². The zero-order valence-electron chi connectivity index (χ0n) is 10.5. The van der Waals surface area contributed by atoms with Gasteiger partial charge in [0.25, 0.3) is 0 Å². The third-order valence-corrected chi connectivity index (χ3v) is 3.90. The van der Waals surface area contributed by atoms with Crippen molar-refractivity contribution in [1.29, 1.82) is 0 Å². The highest BCUT2D eigenvalue weighted by molar-refractivity contribution is 7.15. The summed E-state index contributed by atoms with van der Waals surface area (Å²) in [5, 5.41) is 15.3. The highest BCUT2D eigenvalue weighted by atomic mass is 32.1. The predicted octanol–water partition coefficient (Wildman–Crippen LogP) is 2.07. The molecule has 1 aliphatic heterocycles. The minimum absolute atomic E-state index is 0.00171. The molecule has 0 spiro atoms. The van der Waals surface area contributed by atoms with E-state index in [-0.39, 0.29) is 11.8 Å². The van der Waals surface area contributed by atoms with E-state index >= 15 is 0 Å². The molecule has 3 rings (SSSR count). The van der Waals surface area contributed by atoms with E-state index in [0.29, 0.717) is 11.7 Å². The molecule has 2 heterocycles. The van der Waals surface area contributed by atoms with Crippen molar-refractivity contribution in [2.45, 2.75) is 13.3 Å². The fraction of sp³-hybridized carbons (Fsp3) is 0.308. The van der Waals surface area contributed by atoms with E-state index in [0.717, 1.165) is 17.1 Å². The van der Waals surface area contributed by atoms with E-state index in [1.807, 2.05) is 25.1 Å². The first-order chi connectivity index (χ1) is 9.22. The number of rotatable bonds is 2. The number of hydrogen-bond donors (Lipinski definition) is 2. The van der Waals surface area contributed by atoms with Crippen LogP contribution in [-0.4, -0.2) is 22.6 Å². The molecule has 1 unspecified atom stereocenters. The summed E-state index contributed by atoms with van der Waals surface area (Å²) in [7, 11) is 0. The van der Waals surface area contributed by atoms with Gasteiger partial charge in [-0.15, -0.1) is 10.2 Å². The second-order valence-corrected chi connectivity index (χ2v) is 5.74. The van der Waals surface area contributed by atoms with E-state index in [4.69, 9.17) is 0 Å². The molecule has 0 radical (unpaired) electrons. The molecule has 0 saturated heterocycles. The number of aryl methyl sites for hydroxylation is 1. The number of nitrogens with zero attached hydrogens (tertiary/aromatic N) is 2. The summed E-state index contributed by atoms with van der Waals surface area (Å²) >= 11 is 1.39. The maximum atomic E-state index is 12.2. The topological polar surface area (TPSA) is 66.9 Å². The normalized spacial score (nSPS) is 17.4. The number of para-hydroxylation sites is 1. The third kappa shape index (κ3) is 2.58. The summed E-state index contributed by atoms with van der Waals surface area (Å²) in [4.78, 5) is 12.2. The molecule has 1 aromatic heterocycles. The van der Waals surface area contributed by atoms with Crippen LogP contribution in [0.2, 0.25) is 0 Å². The van der Waals surface area contributed by atoms with Crippen LogP contribution in [0.15, 0.2) is 24.3 Å². The highest BCUT2D eigenvalue weighted by Crippen LogP contribution is 2.25. The van der Waals surface area contributed by atoms with Crippen molar-refractivity contribution in [1.82, 2.24) is 10.2 Å². The smallest absolute Gasteiger partial charge is 0.231 e. The molecule has 19 heavy (non-hydrogen) atoms. The molecular formula is C13H14N4OS. The summed E-state index contributed by atoms with van der Waals surface area (Å²) in [6.45, 7) is 2.52. The van der Waals surface area contributed by atoms with Crippen molar-refractivity contribution in [2.75, 3.05) is 17.2 Å². The second-order valence-electron chi connectivity index (χ2n) is 4.55. The lowest BCUT2D eigenvalue weighted by atomic mass is 9.93. The summed E-state index contributed by atoms with van der Waals surface area (Å²) in [5.74, 6) is -0.0720. The van der Waals surface area contributed by atoms with Crippen molar-refractivity contribution in [2.24, 2.45) is 5.92 Å². The van der Waals surface area contributed by atoms with Crippen LogP contribution >= 0.6 is 11.3 Å². The first-order valence-corrected chi connectivity index (χ1v) is 6.97. The Morgan fingerprint density at radius 3 is 3.05 bits per heavy atom. The van der Waals surface area contributed by atoms with Crippen molar-refractivity contribution < 1.29 is 4.79 Å². The van der Waals surface area contributed by atoms with Gasteiger partial charge in [-0.25, -0.2) is 0 Å². The van der Waals surface area contributed by atoms with Gasteiger partial charge >= 0.3 is 0 Å². The summed E-state index contributed by atoms with van der Waals surface area (Å²) < 4.78 is 0. The molecule has 5 nitrogen and oxygen atoms in total. The van der Waals surface area contributed by atoms with Crippen LogP contribution in [-0.2, 0) is 11.2 Å². The SMILES string of the molecule is Cc1nnc(NC(=O)C2CNc3ccccc3C2)s1. The van der Waals surface area contributed by atoms with Crippen LogP contribution < -0.4 is 10.6 Å². The summed E-state index contributed by atoms with van der Waals surface area (Å²) in [5.41, 5.74) is 2.31. The van der Waals surface area contributed by atoms with Crippen LogP contribution in [0.1, 0.15) is 10.6 Å². The van der Waals surface area contributed by atoms with Crippen molar-refractivity contribution in [3.05, 3.63) is 34.8 Å². The largest absolute Gasteiger partial charge is 0.384 e. The fourth-order valence-electron chi connectivity index (χ4n) is 2.18. The number of amides is 1. The predicted molar refractivity (Wildman–Crippen MR) is 75.4 cm³/mol. The highest BCUT2D eigenvalue weighted by Gasteiger charge is 2.24. The van der Waals surface area contributed by atoms with E-state index in [2.05, 4.69) is 26.9 Å². The van der Waals surface area contributed by atoms with Gasteiger partial charge in [-0.3, -0.25) is 4.79 Å². The molecule has 0 fully saturated rings. The number of fused-ring (bicyclic) bond motifs is 1. The zero-order chi connectivity index (χ0) is 13.2. The monoisotopic (exact) mass is 274 g/mol. The van der Waals surface area contributed by atoms with Gasteiger partial charge in [-0.1, -0.05) is 29.5 Å². The first-order valence-electron chi connectivity index (χ1n) is 6.15. The lowest BCUT2D eigenvalue weighted by Gasteiger charge is -2.24. The van der Waals surface area contributed by atoms with Crippen molar-refractivity contribution in [3.8, 4) is 0 Å². The zero-order valence-corrected chi connectivity index (χ0v) is 11.3. The molecule has 1 atom stereocenters. The third-order valence-electron chi connectivity index (χ3n) is 3.15. The number of nitrogens with one attached hydrogen (secondary N) is 2. The fourth-order valence-corrected chi connectivity index (χ4v) is 2.78. The van der Waals surface area contributed by atoms with Gasteiger partial charge in [0.1, 0.15) is 5.01 Å². The average molecular weight is 274 g/mol. The molecule has 6 heteroatoms. The quantitative estimate of drug-likeness (QED) is 0.879. The molecule has 1 aliphatic rings. The second kappa shape index (κ2) is 4.97. The Morgan fingerprint density at radius 2 is 2.26 bits per heavy atom. The van der Waals surface area contributed by atoms with E-state index < -0.39 is 0 Å². The number of carbonyl (C=O) groups is 1. The molecule has 0 bridgehead atoms. The minimum atomic E-state index is -0.0703. The van der Waals surface area contributed by atoms with Gasteiger partial charge in [0.05, 0.1) is 5.92 Å². The molecule has 1 aromatic carbocycles. The van der Waals surface area contributed by atoms with Gasteiger partial charge in [0, 0.05) is 12.2 Å². The standard InChI is InChI=1S/C13H14N4OS/c1-8-16-17-13(19-8)15-12(18)10-6-9-4-2-3-5-11(9)14-7-10/h2-5,10,14H,6-7H2,1H3,(H,15,17,18). The van der Waals surface area contributed by atoms with Crippen LogP contribution in [0, 0.1) is 12.8 Å². The van der Waals surface area contributed by atoms with Gasteiger partial charge in [-0.05, 0) is 25.0 Å². The number of aromatic nitrogens is 2.